The highest BCUT2D eigenvalue weighted by molar-refractivity contribution is 7.93. The summed E-state index contributed by atoms with van der Waals surface area (Å²) in [6, 6.07) is 8.86. The number of benzene rings is 2. The number of esters is 2. The van der Waals surface area contributed by atoms with Gasteiger partial charge in [-0.2, -0.15) is 0 Å². The van der Waals surface area contributed by atoms with E-state index in [4.69, 9.17) is 44.9 Å². The molecule has 14 atom stereocenters. The lowest BCUT2D eigenvalue weighted by molar-refractivity contribution is -0.160. The van der Waals surface area contributed by atoms with E-state index >= 15 is 9.59 Å². The zero-order valence-corrected chi connectivity index (χ0v) is 66.7. The molecule has 14 rings (SSSR count). The highest BCUT2D eigenvalue weighted by Gasteiger charge is 2.63. The average Bonchev–Trinajstić information content (AvgIpc) is 1.57. The molecule has 0 spiro atoms. The first kappa shape index (κ1) is 67.2. The summed E-state index contributed by atoms with van der Waals surface area (Å²) in [6.45, 7) is -1.58. The van der Waals surface area contributed by atoms with Crippen LogP contribution < -0.4 is 33.5 Å². The third-order valence-electron chi connectivity index (χ3n) is 24.4. The number of pyridine rings is 2. The van der Waals surface area contributed by atoms with Crippen molar-refractivity contribution in [1.29, 1.82) is 0 Å². The van der Waals surface area contributed by atoms with Crippen LogP contribution in [-0.4, -0.2) is 189 Å². The van der Waals surface area contributed by atoms with Crippen LogP contribution in [0.2, 0.25) is 0 Å². The molecule has 608 valence electrons. The molecule has 2 aromatic heterocycles. The first-order valence-electron chi connectivity index (χ1n) is 45.5. The zero-order valence-electron chi connectivity index (χ0n) is 77.0. The molecular weight excluding hydrogens is 1470 g/mol. The standard InChI is InChI=1S/C43H57N3O9S.C42H56N4O9S/c1-26-9-7-8-10-28-22-43(28,37(48)25-56(51,52)30-11-12-30)23-36(47)35-20-29(24-46(35)41(50)33(27(2)19-26)21-38(49)55-42(3,4)5)54-40-32-13-14-34-39(31(32)15-16-44-40)53-18-17-45(34)6;1-25-9-7-8-10-27-22-42(27,40(50)44-56(51,52)29-11-12-29)23-35(47)34-20-28(24-46(34)39(49)32(26(2)19-25)21-36(48)55-41(3,4)5)54-38-31-13-14-33-37(30(31)15-16-43-38)53-18-17-45(33)6/h8,10,13-16,26-30,33,35H,7,9,11-12,17-25H2,1-6H3;8,10,13-16,25-29,32,34H,7,9,11-12,17-24H2,1-6H3,(H,44,50)/b2*10-8-/t26-,27+,28+,29+,33-,35-,43+;25-,26-,27-,28-,32+,34+,42-/m01/s1/i2*3D3,4D3. The summed E-state index contributed by atoms with van der Waals surface area (Å²) in [5, 5.41) is 1.57. The predicted molar refractivity (Wildman–Crippen MR) is 423 cm³/mol. The molecule has 4 saturated carbocycles. The first-order valence-corrected chi connectivity index (χ1v) is 42.8. The molecule has 4 aliphatic carbocycles. The number of sulfone groups is 1. The Morgan fingerprint density at radius 2 is 1.03 bits per heavy atom. The minimum Gasteiger partial charge on any atom is -0.489 e. The third-order valence-corrected chi connectivity index (χ3v) is 28.4. The van der Waals surface area contributed by atoms with Crippen molar-refractivity contribution in [3.8, 4) is 23.3 Å². The maximum Gasteiger partial charge on any atom is 0.307 e. The number of rotatable bonds is 15. The normalized spacial score (nSPS) is 32.6. The Labute approximate surface area is 675 Å². The molecule has 4 aromatic rings. The van der Waals surface area contributed by atoms with Crippen molar-refractivity contribution in [2.24, 2.45) is 58.2 Å². The molecule has 3 amide bonds. The Hall–Kier alpha value is -8.20. The molecule has 0 unspecified atom stereocenters. The summed E-state index contributed by atoms with van der Waals surface area (Å²) in [5.41, 5.74) is -6.58. The van der Waals surface area contributed by atoms with Gasteiger partial charge in [0.15, 0.2) is 38.7 Å². The van der Waals surface area contributed by atoms with Gasteiger partial charge in [0, 0.05) is 95.6 Å². The van der Waals surface area contributed by atoms with Gasteiger partial charge in [0.05, 0.1) is 90.2 Å². The van der Waals surface area contributed by atoms with Gasteiger partial charge < -0.3 is 48.0 Å². The van der Waals surface area contributed by atoms with Crippen molar-refractivity contribution in [2.45, 2.75) is 231 Å². The number of amides is 3. The maximum absolute atomic E-state index is 15.1. The van der Waals surface area contributed by atoms with Gasteiger partial charge >= 0.3 is 11.9 Å². The van der Waals surface area contributed by atoms with E-state index < -0.39 is 199 Å². The van der Waals surface area contributed by atoms with Crippen molar-refractivity contribution in [1.82, 2.24) is 24.5 Å². The number of sulfonamides is 1. The van der Waals surface area contributed by atoms with Gasteiger partial charge in [-0.05, 0) is 190 Å². The summed E-state index contributed by atoms with van der Waals surface area (Å²) in [6.07, 6.45) is 13.0. The number of nitrogens with zero attached hydrogens (tertiary/aromatic N) is 6. The minimum absolute atomic E-state index is 0.00388. The molecule has 6 fully saturated rings. The zero-order chi connectivity index (χ0) is 90.3. The number of ketones is 3. The number of anilines is 2. The van der Waals surface area contributed by atoms with Gasteiger partial charge in [0.1, 0.15) is 42.4 Å². The van der Waals surface area contributed by atoms with Gasteiger partial charge in [-0.3, -0.25) is 43.1 Å². The van der Waals surface area contributed by atoms with E-state index in [0.717, 1.165) is 36.0 Å². The lowest BCUT2D eigenvalue weighted by atomic mass is 9.82. The Morgan fingerprint density at radius 1 is 0.589 bits per heavy atom. The van der Waals surface area contributed by atoms with Crippen LogP contribution in [0.1, 0.15) is 201 Å². The third kappa shape index (κ3) is 18.3. The molecule has 2 aromatic carbocycles. The number of hydrogen-bond donors (Lipinski definition) is 1. The second-order valence-electron chi connectivity index (χ2n) is 33.9. The molecule has 0 radical (unpaired) electrons. The molecule has 10 aliphatic rings. The topological polar surface area (TPSA) is 311 Å². The van der Waals surface area contributed by atoms with Gasteiger partial charge in [-0.15, -0.1) is 0 Å². The van der Waals surface area contributed by atoms with Gasteiger partial charge in [0.25, 0.3) is 0 Å². The number of likely N-dealkylation sites (N-methyl/N-ethyl adjacent to an activating group) is 2. The van der Waals surface area contributed by atoms with Crippen LogP contribution >= 0.6 is 0 Å². The number of hydrogen-bond acceptors (Lipinski definition) is 22. The summed E-state index contributed by atoms with van der Waals surface area (Å²) in [5.74, 6) is -8.79. The lowest BCUT2D eigenvalue weighted by Gasteiger charge is -2.32. The summed E-state index contributed by atoms with van der Waals surface area (Å²) < 4.78 is 186. The van der Waals surface area contributed by atoms with E-state index in [9.17, 15) is 45.6 Å². The lowest BCUT2D eigenvalue weighted by Crippen LogP contribution is -2.47. The number of fused-ring (bicyclic) bond motifs is 10. The molecule has 1 N–H and O–H groups in total. The number of carbonyl (C=O) groups excluding carboxylic acids is 8. The van der Waals surface area contributed by atoms with E-state index in [1.54, 1.807) is 26.2 Å². The number of Topliss-reactive ketones (excluding diaryl/α,β-unsaturated/α-hetero) is 3. The molecule has 8 heterocycles. The Morgan fingerprint density at radius 3 is 1.47 bits per heavy atom. The van der Waals surface area contributed by atoms with Crippen molar-refractivity contribution in [2.75, 3.05) is 69.0 Å². The molecule has 2 saturated heterocycles. The fourth-order valence-corrected chi connectivity index (χ4v) is 20.9. The summed E-state index contributed by atoms with van der Waals surface area (Å²) in [7, 11) is -3.70. The predicted octanol–water partition coefficient (Wildman–Crippen LogP) is 11.2. The molecule has 27 heteroatoms. The van der Waals surface area contributed by atoms with Crippen LogP contribution in [0.25, 0.3) is 21.5 Å². The smallest absolute Gasteiger partial charge is 0.307 e. The second-order valence-corrected chi connectivity index (χ2v) is 38.1. The molecule has 25 nitrogen and oxygen atoms in total. The number of carbonyl (C=O) groups is 8. The van der Waals surface area contributed by atoms with E-state index in [1.807, 2.05) is 88.6 Å². The monoisotopic (exact) mass is 1600 g/mol. The molecule has 6 aliphatic heterocycles. The van der Waals surface area contributed by atoms with E-state index in [-0.39, 0.29) is 74.7 Å². The van der Waals surface area contributed by atoms with Crippen molar-refractivity contribution < 1.29 is 100 Å². The van der Waals surface area contributed by atoms with Crippen molar-refractivity contribution in [3.63, 3.8) is 0 Å². The van der Waals surface area contributed by atoms with Gasteiger partial charge in [-0.25, -0.2) is 26.8 Å². The molecule has 112 heavy (non-hydrogen) atoms. The van der Waals surface area contributed by atoms with Crippen molar-refractivity contribution >= 4 is 99.8 Å². The van der Waals surface area contributed by atoms with Gasteiger partial charge in [-0.1, -0.05) is 52.0 Å². The fourth-order valence-electron chi connectivity index (χ4n) is 17.7. The highest BCUT2D eigenvalue weighted by Crippen LogP contribution is 2.59. The average molecular weight is 1600 g/mol. The fraction of sp³-hybridized carbons (Fsp3) is 0.647. The van der Waals surface area contributed by atoms with Crippen LogP contribution in [0.5, 0.6) is 23.3 Å². The Balaban J connectivity index is 0.000000213. The number of allylic oxidation sites excluding steroid dienone is 4. The van der Waals surface area contributed by atoms with Gasteiger partial charge in [0.2, 0.25) is 39.5 Å². The number of nitrogens with one attached hydrogen (secondary N) is 1. The van der Waals surface area contributed by atoms with Crippen LogP contribution in [0.3, 0.4) is 0 Å². The molecular formula is C85H113N7O18S2. The van der Waals surface area contributed by atoms with E-state index in [2.05, 4.69) is 24.5 Å². The summed E-state index contributed by atoms with van der Waals surface area (Å²) >= 11 is 0. The van der Waals surface area contributed by atoms with E-state index in [1.165, 1.54) is 9.80 Å². The summed E-state index contributed by atoms with van der Waals surface area (Å²) in [4.78, 5) is 131. The SMILES string of the molecule is [2H]C([2H])([2H])C(C)(OC(=O)C[C@@H]1C(=O)N2C[C@H](Oc3nccc4c5c(ccc34)N(C)CCO5)C[C@H]2C(=O)C[C@]2(C(=O)CS(=O)(=O)C3CC3)C[C@H]2/C=C\CC[C@H](C)C[C@H]1C)C([2H])([2H])[2H].[2H]C([2H])([2H])C(C)(OC(=O)C[C@@H]1C(=O)N2C[C@H](Oc3nccc4c5c(ccc34)N(C)CCO5)C[C@H]2C(=O)C[C@]2(C(=O)NS(=O)(=O)C3CC3)C[C@H]2/C=C\CC[C@@H](C)C[C@H]1C)C([2H])([2H])[2H]. The second kappa shape index (κ2) is 32.2. The Kier molecular flexibility index (Phi) is 19.3. The highest BCUT2D eigenvalue weighted by atomic mass is 32.2. The quantitative estimate of drug-likeness (QED) is 0.0853. The Bertz CT molecular complexity index is 4780. The van der Waals surface area contributed by atoms with Crippen LogP contribution in [0.4, 0.5) is 11.4 Å². The van der Waals surface area contributed by atoms with Crippen LogP contribution in [0, 0.1) is 58.2 Å². The van der Waals surface area contributed by atoms with Crippen molar-refractivity contribution in [3.05, 3.63) is 73.1 Å². The van der Waals surface area contributed by atoms with E-state index in [0.29, 0.717) is 119 Å². The van der Waals surface area contributed by atoms with Crippen LogP contribution in [-0.2, 0) is 67.7 Å². The van der Waals surface area contributed by atoms with Crippen LogP contribution in [0.15, 0.2) is 73.1 Å². The number of ether oxygens (including phenoxy) is 6. The molecule has 0 bridgehead atoms. The largest absolute Gasteiger partial charge is 0.489 e. The first-order chi connectivity index (χ1) is 57.9. The maximum atomic E-state index is 15.1. The number of aromatic nitrogens is 2. The minimum atomic E-state index is -3.94.